The van der Waals surface area contributed by atoms with Crippen LogP contribution in [-0.2, 0) is 17.6 Å². The summed E-state index contributed by atoms with van der Waals surface area (Å²) in [7, 11) is 0. The van der Waals surface area contributed by atoms with Crippen LogP contribution in [0.2, 0.25) is 0 Å². The molecule has 3 rings (SSSR count). The third kappa shape index (κ3) is 3.64. The number of aromatic nitrogens is 1. The molecule has 6 heteroatoms. The van der Waals surface area contributed by atoms with Crippen molar-refractivity contribution in [3.8, 4) is 0 Å². The Morgan fingerprint density at radius 1 is 1.38 bits per heavy atom. The fraction of sp³-hybridized carbons (Fsp3) is 0.389. The summed E-state index contributed by atoms with van der Waals surface area (Å²) in [6.45, 7) is 3.11. The van der Waals surface area contributed by atoms with Crippen molar-refractivity contribution in [1.29, 1.82) is 0 Å². The van der Waals surface area contributed by atoms with E-state index >= 15 is 0 Å². The molecular weight excluding hydrogens is 306 g/mol. The number of likely N-dealkylation sites (tertiary alicyclic amines) is 1. The van der Waals surface area contributed by atoms with Crippen molar-refractivity contribution in [2.75, 3.05) is 13.1 Å². The Bertz CT molecular complexity index is 711. The Kier molecular flexibility index (Phi) is 4.93. The van der Waals surface area contributed by atoms with Crippen molar-refractivity contribution in [2.45, 2.75) is 32.2 Å². The van der Waals surface area contributed by atoms with Gasteiger partial charge in [0.15, 0.2) is 12.1 Å². The summed E-state index contributed by atoms with van der Waals surface area (Å²) in [4.78, 5) is 30.2. The molecule has 1 unspecified atom stereocenters. The summed E-state index contributed by atoms with van der Waals surface area (Å²) in [5, 5.41) is 2.89. The van der Waals surface area contributed by atoms with Gasteiger partial charge in [0.25, 0.3) is 5.91 Å². The number of nitrogens with zero attached hydrogens (tertiary/aromatic N) is 2. The Hall–Kier alpha value is -2.63. The van der Waals surface area contributed by atoms with E-state index in [0.29, 0.717) is 37.4 Å². The minimum Gasteiger partial charge on any atom is -0.448 e. The van der Waals surface area contributed by atoms with Gasteiger partial charge in [0.05, 0.1) is 6.04 Å². The number of carbonyl (C=O) groups excluding carboxylic acids is 2. The SMILES string of the molecule is CCc1ocnc1C(=O)NC1CC(=O)N(CCc2ccccc2)C1. The number of aryl methyl sites for hydroxylation is 1. The van der Waals surface area contributed by atoms with Gasteiger partial charge in [-0.25, -0.2) is 4.98 Å². The molecule has 1 atom stereocenters. The van der Waals surface area contributed by atoms with Gasteiger partial charge < -0.3 is 14.6 Å². The van der Waals surface area contributed by atoms with Crippen molar-refractivity contribution in [1.82, 2.24) is 15.2 Å². The molecule has 0 radical (unpaired) electrons. The molecule has 1 N–H and O–H groups in total. The van der Waals surface area contributed by atoms with E-state index in [-0.39, 0.29) is 17.9 Å². The third-order valence-electron chi connectivity index (χ3n) is 4.24. The average Bonchev–Trinajstić information content (AvgIpc) is 3.20. The van der Waals surface area contributed by atoms with Crippen molar-refractivity contribution < 1.29 is 14.0 Å². The van der Waals surface area contributed by atoms with Crippen LogP contribution in [0.4, 0.5) is 0 Å². The van der Waals surface area contributed by atoms with E-state index in [9.17, 15) is 9.59 Å². The molecule has 1 aromatic heterocycles. The first kappa shape index (κ1) is 16.2. The standard InChI is InChI=1S/C18H21N3O3/c1-2-15-17(19-12-24-15)18(23)20-14-10-16(22)21(11-14)9-8-13-6-4-3-5-7-13/h3-7,12,14H,2,8-11H2,1H3,(H,20,23). The summed E-state index contributed by atoms with van der Waals surface area (Å²) in [5.74, 6) is 0.369. The van der Waals surface area contributed by atoms with Gasteiger partial charge in [0, 0.05) is 25.9 Å². The van der Waals surface area contributed by atoms with Crippen molar-refractivity contribution in [3.05, 3.63) is 53.7 Å². The zero-order chi connectivity index (χ0) is 16.9. The Morgan fingerprint density at radius 3 is 2.92 bits per heavy atom. The van der Waals surface area contributed by atoms with E-state index in [1.54, 1.807) is 0 Å². The predicted molar refractivity (Wildman–Crippen MR) is 88.5 cm³/mol. The molecule has 1 fully saturated rings. The van der Waals surface area contributed by atoms with Crippen LogP contribution in [0.3, 0.4) is 0 Å². The highest BCUT2D eigenvalue weighted by atomic mass is 16.3. The van der Waals surface area contributed by atoms with E-state index in [1.807, 2.05) is 30.0 Å². The first-order valence-corrected chi connectivity index (χ1v) is 8.22. The molecule has 2 amide bonds. The summed E-state index contributed by atoms with van der Waals surface area (Å²) >= 11 is 0. The Morgan fingerprint density at radius 2 is 2.17 bits per heavy atom. The molecule has 1 aromatic carbocycles. The highest BCUT2D eigenvalue weighted by molar-refractivity contribution is 5.94. The number of hydrogen-bond acceptors (Lipinski definition) is 4. The molecule has 0 aliphatic carbocycles. The van der Waals surface area contributed by atoms with E-state index in [1.165, 1.54) is 12.0 Å². The van der Waals surface area contributed by atoms with Crippen molar-refractivity contribution >= 4 is 11.8 Å². The molecule has 0 spiro atoms. The maximum absolute atomic E-state index is 12.3. The van der Waals surface area contributed by atoms with Crippen LogP contribution in [-0.4, -0.2) is 40.8 Å². The Labute approximate surface area is 140 Å². The predicted octanol–water partition coefficient (Wildman–Crippen LogP) is 1.81. The summed E-state index contributed by atoms with van der Waals surface area (Å²) in [6.07, 6.45) is 3.03. The summed E-state index contributed by atoms with van der Waals surface area (Å²) < 4.78 is 5.18. The molecule has 126 valence electrons. The molecule has 0 bridgehead atoms. The minimum atomic E-state index is -0.275. The van der Waals surface area contributed by atoms with Crippen LogP contribution >= 0.6 is 0 Å². The van der Waals surface area contributed by atoms with Crippen molar-refractivity contribution in [2.24, 2.45) is 0 Å². The first-order chi connectivity index (χ1) is 11.7. The Balaban J connectivity index is 1.54. The van der Waals surface area contributed by atoms with Gasteiger partial charge in [-0.15, -0.1) is 0 Å². The van der Waals surface area contributed by atoms with Crippen LogP contribution in [0.1, 0.15) is 35.2 Å². The molecule has 2 aromatic rings. The van der Waals surface area contributed by atoms with Crippen molar-refractivity contribution in [3.63, 3.8) is 0 Å². The lowest BCUT2D eigenvalue weighted by Crippen LogP contribution is -2.38. The monoisotopic (exact) mass is 327 g/mol. The number of nitrogens with one attached hydrogen (secondary N) is 1. The lowest BCUT2D eigenvalue weighted by molar-refractivity contribution is -0.127. The fourth-order valence-corrected chi connectivity index (χ4v) is 2.95. The second-order valence-electron chi connectivity index (χ2n) is 5.93. The number of oxazole rings is 1. The smallest absolute Gasteiger partial charge is 0.273 e. The molecule has 1 saturated heterocycles. The number of benzene rings is 1. The van der Waals surface area contributed by atoms with Gasteiger partial charge in [-0.1, -0.05) is 37.3 Å². The molecule has 2 heterocycles. The van der Waals surface area contributed by atoms with Gasteiger partial charge >= 0.3 is 0 Å². The van der Waals surface area contributed by atoms with Crippen LogP contribution in [0, 0.1) is 0 Å². The van der Waals surface area contributed by atoms with E-state index in [0.717, 1.165) is 6.42 Å². The normalized spacial score (nSPS) is 17.3. The average molecular weight is 327 g/mol. The second-order valence-corrected chi connectivity index (χ2v) is 5.93. The largest absolute Gasteiger partial charge is 0.448 e. The first-order valence-electron chi connectivity index (χ1n) is 8.22. The van der Waals surface area contributed by atoms with Gasteiger partial charge in [-0.05, 0) is 12.0 Å². The number of amides is 2. The zero-order valence-electron chi connectivity index (χ0n) is 13.7. The topological polar surface area (TPSA) is 75.4 Å². The zero-order valence-corrected chi connectivity index (χ0v) is 13.7. The van der Waals surface area contributed by atoms with Crippen LogP contribution in [0.5, 0.6) is 0 Å². The maximum Gasteiger partial charge on any atom is 0.273 e. The van der Waals surface area contributed by atoms with E-state index in [2.05, 4.69) is 22.4 Å². The van der Waals surface area contributed by atoms with Crippen LogP contribution in [0.25, 0.3) is 0 Å². The molecular formula is C18H21N3O3. The number of carbonyl (C=O) groups is 2. The van der Waals surface area contributed by atoms with Gasteiger partial charge in [0.1, 0.15) is 5.76 Å². The molecule has 1 aliphatic rings. The highest BCUT2D eigenvalue weighted by Crippen LogP contribution is 2.14. The second kappa shape index (κ2) is 7.29. The number of rotatable bonds is 6. The number of hydrogen-bond donors (Lipinski definition) is 1. The van der Waals surface area contributed by atoms with Gasteiger partial charge in [0.2, 0.25) is 5.91 Å². The molecule has 24 heavy (non-hydrogen) atoms. The highest BCUT2D eigenvalue weighted by Gasteiger charge is 2.31. The molecule has 0 saturated carbocycles. The van der Waals surface area contributed by atoms with Gasteiger partial charge in [-0.3, -0.25) is 9.59 Å². The van der Waals surface area contributed by atoms with Crippen LogP contribution < -0.4 is 5.32 Å². The van der Waals surface area contributed by atoms with E-state index < -0.39 is 0 Å². The lowest BCUT2D eigenvalue weighted by Gasteiger charge is -2.17. The van der Waals surface area contributed by atoms with Gasteiger partial charge in [-0.2, -0.15) is 0 Å². The van der Waals surface area contributed by atoms with Crippen LogP contribution in [0.15, 0.2) is 41.1 Å². The quantitative estimate of drug-likeness (QED) is 0.878. The summed E-state index contributed by atoms with van der Waals surface area (Å²) in [6, 6.07) is 9.89. The third-order valence-corrected chi connectivity index (χ3v) is 4.24. The molecule has 6 nitrogen and oxygen atoms in total. The maximum atomic E-state index is 12.3. The molecule has 1 aliphatic heterocycles. The minimum absolute atomic E-state index is 0.0760. The summed E-state index contributed by atoms with van der Waals surface area (Å²) in [5.41, 5.74) is 1.51. The lowest BCUT2D eigenvalue weighted by atomic mass is 10.1. The van der Waals surface area contributed by atoms with E-state index in [4.69, 9.17) is 4.42 Å². The fourth-order valence-electron chi connectivity index (χ4n) is 2.95.